The van der Waals surface area contributed by atoms with Gasteiger partial charge >= 0.3 is 5.97 Å². The van der Waals surface area contributed by atoms with Crippen LogP contribution >= 0.6 is 11.3 Å². The molecule has 0 aliphatic heterocycles. The molecular formula is C23H29N3O3S. The zero-order chi connectivity index (χ0) is 21.6. The lowest BCUT2D eigenvalue weighted by atomic mass is 9.89. The minimum absolute atomic E-state index is 0.608. The predicted octanol–water partition coefficient (Wildman–Crippen LogP) is 5.31. The molecule has 1 N–H and O–H groups in total. The zero-order valence-corrected chi connectivity index (χ0v) is 19.1. The summed E-state index contributed by atoms with van der Waals surface area (Å²) < 4.78 is 7.94. The highest BCUT2D eigenvalue weighted by Gasteiger charge is 2.34. The Kier molecular flexibility index (Phi) is 5.45. The Labute approximate surface area is 180 Å². The molecular weight excluding hydrogens is 398 g/mol. The van der Waals surface area contributed by atoms with Crippen LogP contribution in [0, 0.1) is 6.92 Å². The highest BCUT2D eigenvalue weighted by Crippen LogP contribution is 2.45. The number of carbonyl (C=O) groups is 1. The maximum atomic E-state index is 12.4. The molecule has 160 valence electrons. The fourth-order valence-corrected chi connectivity index (χ4v) is 5.61. The molecule has 1 atom stereocenters. The van der Waals surface area contributed by atoms with Gasteiger partial charge in [-0.05, 0) is 65.9 Å². The summed E-state index contributed by atoms with van der Waals surface area (Å²) in [5.74, 6) is -0.998. The second-order valence-corrected chi connectivity index (χ2v) is 9.99. The van der Waals surface area contributed by atoms with E-state index in [0.717, 1.165) is 47.2 Å². The Hall–Kier alpha value is -2.25. The molecule has 1 aliphatic rings. The molecule has 0 amide bonds. The second-order valence-electron chi connectivity index (χ2n) is 8.91. The summed E-state index contributed by atoms with van der Waals surface area (Å²) in [7, 11) is 0. The summed E-state index contributed by atoms with van der Waals surface area (Å²) in [5.41, 5.74) is 3.92. The lowest BCUT2D eigenvalue weighted by Gasteiger charge is -2.27. The summed E-state index contributed by atoms with van der Waals surface area (Å²) >= 11 is 1.75. The van der Waals surface area contributed by atoms with E-state index < -0.39 is 17.7 Å². The second kappa shape index (κ2) is 7.78. The Morgan fingerprint density at radius 1 is 1.33 bits per heavy atom. The van der Waals surface area contributed by atoms with Crippen molar-refractivity contribution in [2.45, 2.75) is 78.6 Å². The van der Waals surface area contributed by atoms with Crippen LogP contribution in [0.2, 0.25) is 0 Å². The minimum atomic E-state index is -1.10. The first-order valence-corrected chi connectivity index (χ1v) is 11.4. The van der Waals surface area contributed by atoms with Crippen molar-refractivity contribution >= 4 is 27.5 Å². The van der Waals surface area contributed by atoms with Crippen LogP contribution in [0.15, 0.2) is 12.4 Å². The summed E-state index contributed by atoms with van der Waals surface area (Å²) in [5, 5.41) is 15.7. The molecule has 0 saturated heterocycles. The number of carboxylic acids is 1. The molecule has 3 aromatic rings. The lowest BCUT2D eigenvalue weighted by Crippen LogP contribution is -2.28. The Balaban J connectivity index is 2.06. The summed E-state index contributed by atoms with van der Waals surface area (Å²) in [6, 6.07) is 0. The summed E-state index contributed by atoms with van der Waals surface area (Å²) in [6.07, 6.45) is 7.16. The van der Waals surface area contributed by atoms with Gasteiger partial charge in [-0.3, -0.25) is 4.68 Å². The molecule has 0 aromatic carbocycles. The van der Waals surface area contributed by atoms with E-state index in [1.165, 1.54) is 16.9 Å². The average Bonchev–Trinajstić information content (AvgIpc) is 3.28. The number of hydrogen-bond acceptors (Lipinski definition) is 5. The average molecular weight is 428 g/mol. The van der Waals surface area contributed by atoms with Crippen LogP contribution in [0.5, 0.6) is 0 Å². The van der Waals surface area contributed by atoms with Gasteiger partial charge in [-0.15, -0.1) is 11.3 Å². The molecule has 3 aromatic heterocycles. The minimum Gasteiger partial charge on any atom is -0.479 e. The normalized spacial score (nSPS) is 15.4. The summed E-state index contributed by atoms with van der Waals surface area (Å²) in [4.78, 5) is 19.6. The van der Waals surface area contributed by atoms with Gasteiger partial charge in [0.25, 0.3) is 0 Å². The SMILES string of the molecule is CCn1cc(-c2c([C@H](OC(C)(C)C)C(=O)O)c(C)nc3sc4c(c23)CCCC4)cn1. The van der Waals surface area contributed by atoms with Crippen LogP contribution in [0.3, 0.4) is 0 Å². The summed E-state index contributed by atoms with van der Waals surface area (Å²) in [6.45, 7) is 10.3. The van der Waals surface area contributed by atoms with Crippen LogP contribution < -0.4 is 0 Å². The Bertz CT molecular complexity index is 1110. The number of rotatable bonds is 5. The first kappa shape index (κ1) is 21.0. The van der Waals surface area contributed by atoms with Crippen LogP contribution in [0.4, 0.5) is 0 Å². The first-order chi connectivity index (χ1) is 14.2. The third-order valence-corrected chi connectivity index (χ3v) is 6.72. The fourth-order valence-electron chi connectivity index (χ4n) is 4.29. The number of aliphatic carboxylic acids is 1. The van der Waals surface area contributed by atoms with E-state index in [9.17, 15) is 9.90 Å². The molecule has 0 radical (unpaired) electrons. The third-order valence-electron chi connectivity index (χ3n) is 5.53. The van der Waals surface area contributed by atoms with Crippen LogP contribution in [0.1, 0.15) is 68.3 Å². The largest absolute Gasteiger partial charge is 0.479 e. The van der Waals surface area contributed by atoms with Crippen molar-refractivity contribution in [2.24, 2.45) is 0 Å². The predicted molar refractivity (Wildman–Crippen MR) is 119 cm³/mol. The van der Waals surface area contributed by atoms with Crippen molar-refractivity contribution in [3.05, 3.63) is 34.1 Å². The highest BCUT2D eigenvalue weighted by atomic mass is 32.1. The first-order valence-electron chi connectivity index (χ1n) is 10.6. The number of fused-ring (bicyclic) bond motifs is 3. The van der Waals surface area contributed by atoms with Crippen LogP contribution in [-0.2, 0) is 28.9 Å². The van der Waals surface area contributed by atoms with E-state index in [-0.39, 0.29) is 0 Å². The maximum absolute atomic E-state index is 12.4. The molecule has 1 aliphatic carbocycles. The highest BCUT2D eigenvalue weighted by molar-refractivity contribution is 7.19. The number of nitrogens with zero attached hydrogens (tertiary/aromatic N) is 3. The maximum Gasteiger partial charge on any atom is 0.337 e. The van der Waals surface area contributed by atoms with Crippen molar-refractivity contribution in [2.75, 3.05) is 0 Å². The van der Waals surface area contributed by atoms with Gasteiger partial charge in [0.1, 0.15) is 4.83 Å². The number of aromatic nitrogens is 3. The molecule has 0 bridgehead atoms. The monoisotopic (exact) mass is 427 g/mol. The smallest absolute Gasteiger partial charge is 0.337 e. The lowest BCUT2D eigenvalue weighted by molar-refractivity contribution is -0.160. The van der Waals surface area contributed by atoms with E-state index in [0.29, 0.717) is 11.3 Å². The van der Waals surface area contributed by atoms with Gasteiger partial charge in [0.15, 0.2) is 6.10 Å². The van der Waals surface area contributed by atoms with Crippen molar-refractivity contribution < 1.29 is 14.6 Å². The zero-order valence-electron chi connectivity index (χ0n) is 18.3. The Morgan fingerprint density at radius 3 is 2.70 bits per heavy atom. The van der Waals surface area contributed by atoms with E-state index in [1.807, 2.05) is 51.7 Å². The third kappa shape index (κ3) is 3.76. The van der Waals surface area contributed by atoms with Crippen molar-refractivity contribution in [1.29, 1.82) is 0 Å². The fraction of sp³-hybridized carbons (Fsp3) is 0.522. The molecule has 0 saturated carbocycles. The topological polar surface area (TPSA) is 77.2 Å². The van der Waals surface area contributed by atoms with Crippen LogP contribution in [0.25, 0.3) is 21.3 Å². The van der Waals surface area contributed by atoms with Gasteiger partial charge in [-0.25, -0.2) is 9.78 Å². The van der Waals surface area contributed by atoms with E-state index >= 15 is 0 Å². The molecule has 3 heterocycles. The molecule has 0 unspecified atom stereocenters. The molecule has 0 fully saturated rings. The van der Waals surface area contributed by atoms with E-state index in [2.05, 4.69) is 5.10 Å². The Morgan fingerprint density at radius 2 is 2.07 bits per heavy atom. The van der Waals surface area contributed by atoms with Gasteiger partial charge in [-0.1, -0.05) is 0 Å². The van der Waals surface area contributed by atoms with Crippen molar-refractivity contribution in [1.82, 2.24) is 14.8 Å². The van der Waals surface area contributed by atoms with Gasteiger partial charge in [-0.2, -0.15) is 5.10 Å². The number of aryl methyl sites for hydroxylation is 4. The quantitative estimate of drug-likeness (QED) is 0.597. The number of thiophene rings is 1. The number of carboxylic acid groups (broad SMARTS) is 1. The molecule has 30 heavy (non-hydrogen) atoms. The molecule has 7 heteroatoms. The van der Waals surface area contributed by atoms with E-state index in [4.69, 9.17) is 9.72 Å². The standard InChI is InChI=1S/C23H29N3O3S/c1-6-26-12-14(11-24-26)18-17(20(22(27)28)29-23(3,4)5)13(2)25-21-19(18)15-9-7-8-10-16(15)30-21/h11-12,20H,6-10H2,1-5H3,(H,27,28)/t20-/m0/s1. The van der Waals surface area contributed by atoms with E-state index in [1.54, 1.807) is 11.3 Å². The van der Waals surface area contributed by atoms with Gasteiger partial charge in [0.2, 0.25) is 0 Å². The van der Waals surface area contributed by atoms with Crippen molar-refractivity contribution in [3.63, 3.8) is 0 Å². The molecule has 4 rings (SSSR count). The molecule has 0 spiro atoms. The van der Waals surface area contributed by atoms with Gasteiger partial charge in [0.05, 0.1) is 11.8 Å². The number of ether oxygens (including phenoxy) is 1. The van der Waals surface area contributed by atoms with Crippen LogP contribution in [-0.4, -0.2) is 31.4 Å². The number of hydrogen-bond donors (Lipinski definition) is 1. The van der Waals surface area contributed by atoms with Gasteiger partial charge < -0.3 is 9.84 Å². The molecule has 6 nitrogen and oxygen atoms in total. The van der Waals surface area contributed by atoms with Gasteiger partial charge in [0, 0.05) is 45.4 Å². The van der Waals surface area contributed by atoms with Crippen molar-refractivity contribution in [3.8, 4) is 11.1 Å². The number of pyridine rings is 1.